The van der Waals surface area contributed by atoms with E-state index in [2.05, 4.69) is 21.2 Å². The molecule has 2 aromatic carbocycles. The van der Waals surface area contributed by atoms with E-state index in [1.165, 1.54) is 48.5 Å². The minimum atomic E-state index is -4.91. The van der Waals surface area contributed by atoms with E-state index in [-0.39, 0.29) is 22.5 Å². The summed E-state index contributed by atoms with van der Waals surface area (Å²) in [4.78, 5) is 24.2. The molecule has 0 aliphatic heterocycles. The Labute approximate surface area is 203 Å². The van der Waals surface area contributed by atoms with Crippen molar-refractivity contribution in [2.24, 2.45) is 0 Å². The molecule has 0 aliphatic carbocycles. The van der Waals surface area contributed by atoms with Gasteiger partial charge in [-0.3, -0.25) is 4.79 Å². The summed E-state index contributed by atoms with van der Waals surface area (Å²) in [7, 11) is 0. The van der Waals surface area contributed by atoms with Crippen LogP contribution >= 0.6 is 39.1 Å². The first kappa shape index (κ1) is 24.6. The smallest absolute Gasteiger partial charge is 0.432 e. The van der Waals surface area contributed by atoms with E-state index >= 15 is 0 Å². The molecule has 0 saturated heterocycles. The molecule has 0 bridgehead atoms. The van der Waals surface area contributed by atoms with Gasteiger partial charge >= 0.3 is 18.1 Å². The van der Waals surface area contributed by atoms with Crippen molar-refractivity contribution < 1.29 is 27.5 Å². The molecule has 12 heteroatoms. The number of hydrogen-bond acceptors (Lipinski definition) is 4. The Kier molecular flexibility index (Phi) is 7.37. The van der Waals surface area contributed by atoms with Gasteiger partial charge in [0.15, 0.2) is 6.73 Å². The molecule has 0 atom stereocenters. The second-order valence-corrected chi connectivity index (χ2v) is 8.12. The van der Waals surface area contributed by atoms with Crippen molar-refractivity contribution in [3.8, 4) is 17.3 Å². The fourth-order valence-corrected chi connectivity index (χ4v) is 3.88. The number of alkyl halides is 3. The first-order valence-electron chi connectivity index (χ1n) is 8.91. The van der Waals surface area contributed by atoms with Crippen LogP contribution in [0, 0.1) is 11.3 Å². The average molecular weight is 561 g/mol. The van der Waals surface area contributed by atoms with Crippen molar-refractivity contribution >= 4 is 56.7 Å². The van der Waals surface area contributed by atoms with Gasteiger partial charge in [0, 0.05) is 15.7 Å². The first-order chi connectivity index (χ1) is 15.5. The Bertz CT molecular complexity index is 1250. The molecule has 1 aromatic heterocycles. The van der Waals surface area contributed by atoms with Crippen LogP contribution in [-0.4, -0.2) is 16.4 Å². The van der Waals surface area contributed by atoms with Crippen LogP contribution in [0.25, 0.3) is 11.3 Å². The van der Waals surface area contributed by atoms with Crippen LogP contribution in [-0.2, 0) is 27.2 Å². The second-order valence-electron chi connectivity index (χ2n) is 6.45. The third-order valence-corrected chi connectivity index (χ3v) is 5.59. The molecule has 0 aliphatic rings. The fraction of sp³-hybridized carbons (Fsp3) is 0.0952. The number of carbonyl (C=O) groups is 2. The zero-order valence-corrected chi connectivity index (χ0v) is 19.3. The molecule has 33 heavy (non-hydrogen) atoms. The zero-order chi connectivity index (χ0) is 24.3. The highest BCUT2D eigenvalue weighted by atomic mass is 79.9. The molecule has 170 valence electrons. The third kappa shape index (κ3) is 5.50. The van der Waals surface area contributed by atoms with Crippen LogP contribution in [0.2, 0.25) is 10.0 Å². The predicted octanol–water partition coefficient (Wildman–Crippen LogP) is 6.25. The number of amides is 1. The number of halogens is 6. The summed E-state index contributed by atoms with van der Waals surface area (Å²) in [6, 6.07) is 13.2. The van der Waals surface area contributed by atoms with Gasteiger partial charge in [-0.15, -0.1) is 0 Å². The minimum Gasteiger partial charge on any atom is -0.437 e. The molecule has 1 N–H and O–H groups in total. The Morgan fingerprint density at radius 3 is 2.12 bits per heavy atom. The normalized spacial score (nSPS) is 11.1. The summed E-state index contributed by atoms with van der Waals surface area (Å²) in [5, 5.41) is 12.5. The highest BCUT2D eigenvalue weighted by Gasteiger charge is 2.41. The lowest BCUT2D eigenvalue weighted by Gasteiger charge is -2.16. The molecular formula is C21H11BrCl2F3N3O3. The molecule has 0 spiro atoms. The Morgan fingerprint density at radius 1 is 1.06 bits per heavy atom. The van der Waals surface area contributed by atoms with Crippen molar-refractivity contribution in [3.05, 3.63) is 74.3 Å². The molecule has 0 radical (unpaired) electrons. The zero-order valence-electron chi connectivity index (χ0n) is 16.2. The largest absolute Gasteiger partial charge is 0.437 e. The molecule has 0 unspecified atom stereocenters. The lowest BCUT2D eigenvalue weighted by Crippen LogP contribution is -2.27. The van der Waals surface area contributed by atoms with Gasteiger partial charge in [0.2, 0.25) is 0 Å². The van der Waals surface area contributed by atoms with E-state index in [1.807, 2.05) is 0 Å². The van der Waals surface area contributed by atoms with Crippen molar-refractivity contribution in [3.63, 3.8) is 0 Å². The van der Waals surface area contributed by atoms with Gasteiger partial charge in [-0.05, 0) is 57.9 Å². The maximum Gasteiger partial charge on any atom is 0.432 e. The first-order valence-corrected chi connectivity index (χ1v) is 10.5. The average Bonchev–Trinajstić information content (AvgIpc) is 3.05. The fourth-order valence-electron chi connectivity index (χ4n) is 2.91. The van der Waals surface area contributed by atoms with Crippen LogP contribution in [0.5, 0.6) is 0 Å². The number of nitrogens with one attached hydrogen (secondary N) is 1. The van der Waals surface area contributed by atoms with Crippen molar-refractivity contribution in [1.82, 2.24) is 4.57 Å². The number of rotatable bonds is 4. The highest BCUT2D eigenvalue weighted by Crippen LogP contribution is 2.43. The molecule has 0 fully saturated rings. The number of benzene rings is 2. The molecule has 6 nitrogen and oxygen atoms in total. The predicted molar refractivity (Wildman–Crippen MR) is 118 cm³/mol. The van der Waals surface area contributed by atoms with E-state index in [0.717, 1.165) is 0 Å². The second kappa shape index (κ2) is 9.87. The minimum absolute atomic E-state index is 0.167. The van der Waals surface area contributed by atoms with Crippen molar-refractivity contribution in [1.29, 1.82) is 5.26 Å². The topological polar surface area (TPSA) is 84.1 Å². The molecular weight excluding hydrogens is 550 g/mol. The number of nitriles is 1. The summed E-state index contributed by atoms with van der Waals surface area (Å²) in [6.07, 6.45) is -4.91. The Balaban J connectivity index is 1.94. The van der Waals surface area contributed by atoms with E-state index in [1.54, 1.807) is 6.07 Å². The van der Waals surface area contributed by atoms with E-state index < -0.39 is 35.0 Å². The summed E-state index contributed by atoms with van der Waals surface area (Å²) in [5.41, 5.74) is -1.30. The standard InChI is InChI=1S/C21H11BrCl2F3N3O3/c22-16-15(9-28)17(11-1-3-12(23)4-2-11)30(18(16)21(25,26)27)10-33-20(32)19(31)29-14-7-5-13(24)6-8-14/h1-8H,10H2,(H,29,31). The van der Waals surface area contributed by atoms with Crippen LogP contribution in [0.4, 0.5) is 18.9 Å². The van der Waals surface area contributed by atoms with Gasteiger partial charge in [0.05, 0.1) is 15.7 Å². The van der Waals surface area contributed by atoms with Gasteiger partial charge < -0.3 is 14.6 Å². The summed E-state index contributed by atoms with van der Waals surface area (Å²) in [5.74, 6) is -2.63. The van der Waals surface area contributed by atoms with Crippen LogP contribution < -0.4 is 5.32 Å². The molecule has 1 heterocycles. The number of esters is 1. The third-order valence-electron chi connectivity index (χ3n) is 4.31. The lowest BCUT2D eigenvalue weighted by molar-refractivity contribution is -0.159. The SMILES string of the molecule is N#Cc1c(Br)c(C(F)(F)F)n(COC(=O)C(=O)Nc2ccc(Cl)cc2)c1-c1ccc(Cl)cc1. The number of ether oxygens (including phenoxy) is 1. The van der Waals surface area contributed by atoms with E-state index in [0.29, 0.717) is 14.6 Å². The van der Waals surface area contributed by atoms with E-state index in [9.17, 15) is 28.0 Å². The Hall–Kier alpha value is -3.00. The quantitative estimate of drug-likeness (QED) is 0.302. The van der Waals surface area contributed by atoms with Crippen LogP contribution in [0.3, 0.4) is 0 Å². The number of anilines is 1. The summed E-state index contributed by atoms with van der Waals surface area (Å²) >= 11 is 14.4. The maximum absolute atomic E-state index is 13.8. The number of nitrogens with zero attached hydrogens (tertiary/aromatic N) is 2. The van der Waals surface area contributed by atoms with Gasteiger partial charge in [-0.2, -0.15) is 18.4 Å². The molecule has 3 aromatic rings. The number of carbonyl (C=O) groups excluding carboxylic acids is 2. The van der Waals surface area contributed by atoms with Gasteiger partial charge in [0.25, 0.3) is 0 Å². The lowest BCUT2D eigenvalue weighted by atomic mass is 10.1. The van der Waals surface area contributed by atoms with E-state index in [4.69, 9.17) is 27.9 Å². The maximum atomic E-state index is 13.8. The highest BCUT2D eigenvalue weighted by molar-refractivity contribution is 9.10. The Morgan fingerprint density at radius 2 is 1.61 bits per heavy atom. The molecule has 0 saturated carbocycles. The van der Waals surface area contributed by atoms with Gasteiger partial charge in [-0.1, -0.05) is 35.3 Å². The van der Waals surface area contributed by atoms with Crippen molar-refractivity contribution in [2.75, 3.05) is 5.32 Å². The monoisotopic (exact) mass is 559 g/mol. The number of hydrogen-bond donors (Lipinski definition) is 1. The summed E-state index contributed by atoms with van der Waals surface area (Å²) < 4.78 is 46.4. The van der Waals surface area contributed by atoms with Crippen LogP contribution in [0.1, 0.15) is 11.3 Å². The number of aromatic nitrogens is 1. The van der Waals surface area contributed by atoms with Crippen molar-refractivity contribution in [2.45, 2.75) is 12.9 Å². The summed E-state index contributed by atoms with van der Waals surface area (Å²) in [6.45, 7) is -0.986. The van der Waals surface area contributed by atoms with Crippen LogP contribution in [0.15, 0.2) is 53.0 Å². The van der Waals surface area contributed by atoms with Gasteiger partial charge in [0.1, 0.15) is 11.8 Å². The molecule has 1 amide bonds. The van der Waals surface area contributed by atoms with Gasteiger partial charge in [-0.25, -0.2) is 4.79 Å². The molecule has 3 rings (SSSR count).